The molecule has 0 aromatic carbocycles. The molecular formula is C9H17NO. The minimum atomic E-state index is 0.0399. The Morgan fingerprint density at radius 2 is 2.00 bits per heavy atom. The van der Waals surface area contributed by atoms with Crippen LogP contribution in [0.2, 0.25) is 0 Å². The molecule has 1 aliphatic carbocycles. The summed E-state index contributed by atoms with van der Waals surface area (Å²) in [6.45, 7) is 1.92. The smallest absolute Gasteiger partial charge is 0.136 e. The Balaban J connectivity index is 2.18. The van der Waals surface area contributed by atoms with Crippen LogP contribution < -0.4 is 5.32 Å². The van der Waals surface area contributed by atoms with Gasteiger partial charge in [0.05, 0.1) is 6.04 Å². The molecule has 0 heterocycles. The maximum atomic E-state index is 10.3. The molecule has 0 radical (unpaired) electrons. The van der Waals surface area contributed by atoms with Crippen molar-refractivity contribution in [1.82, 2.24) is 5.32 Å². The summed E-state index contributed by atoms with van der Waals surface area (Å²) in [7, 11) is 0. The molecule has 0 aromatic rings. The average Bonchev–Trinajstić information content (AvgIpc) is 2.06. The van der Waals surface area contributed by atoms with Gasteiger partial charge in [-0.3, -0.25) is 0 Å². The summed E-state index contributed by atoms with van der Waals surface area (Å²) in [6.07, 6.45) is 7.49. The van der Waals surface area contributed by atoms with Crippen molar-refractivity contribution < 1.29 is 4.79 Å². The lowest BCUT2D eigenvalue weighted by Crippen LogP contribution is -2.38. The Kier molecular flexibility index (Phi) is 3.57. The molecule has 2 heteroatoms. The van der Waals surface area contributed by atoms with Gasteiger partial charge in [-0.25, -0.2) is 0 Å². The molecular weight excluding hydrogens is 138 g/mol. The van der Waals surface area contributed by atoms with E-state index in [4.69, 9.17) is 0 Å². The maximum absolute atomic E-state index is 10.3. The highest BCUT2D eigenvalue weighted by atomic mass is 16.1. The lowest BCUT2D eigenvalue weighted by atomic mass is 9.95. The summed E-state index contributed by atoms with van der Waals surface area (Å²) in [5.74, 6) is 0. The molecule has 2 nitrogen and oxygen atoms in total. The summed E-state index contributed by atoms with van der Waals surface area (Å²) in [5.41, 5.74) is 0. The average molecular weight is 155 g/mol. The molecule has 1 saturated carbocycles. The van der Waals surface area contributed by atoms with E-state index < -0.39 is 0 Å². The molecule has 1 aliphatic rings. The Bertz CT molecular complexity index is 119. The van der Waals surface area contributed by atoms with Crippen molar-refractivity contribution in [2.45, 2.75) is 51.1 Å². The van der Waals surface area contributed by atoms with E-state index in [2.05, 4.69) is 5.32 Å². The van der Waals surface area contributed by atoms with E-state index in [0.717, 1.165) is 6.29 Å². The first-order valence-corrected chi connectivity index (χ1v) is 4.54. The number of rotatable bonds is 3. The van der Waals surface area contributed by atoms with Crippen molar-refractivity contribution in [3.05, 3.63) is 0 Å². The van der Waals surface area contributed by atoms with Crippen molar-refractivity contribution in [2.75, 3.05) is 0 Å². The normalized spacial score (nSPS) is 23.0. The second kappa shape index (κ2) is 4.50. The van der Waals surface area contributed by atoms with Crippen molar-refractivity contribution >= 4 is 6.29 Å². The molecule has 11 heavy (non-hydrogen) atoms. The van der Waals surface area contributed by atoms with Gasteiger partial charge in [-0.1, -0.05) is 19.3 Å². The van der Waals surface area contributed by atoms with E-state index in [1.54, 1.807) is 0 Å². The van der Waals surface area contributed by atoms with E-state index in [9.17, 15) is 4.79 Å². The number of nitrogens with one attached hydrogen (secondary N) is 1. The van der Waals surface area contributed by atoms with Crippen LogP contribution in [-0.4, -0.2) is 18.4 Å². The molecule has 0 aliphatic heterocycles. The van der Waals surface area contributed by atoms with Gasteiger partial charge in [0.15, 0.2) is 0 Å². The lowest BCUT2D eigenvalue weighted by molar-refractivity contribution is -0.109. The van der Waals surface area contributed by atoms with Crippen LogP contribution in [0.4, 0.5) is 0 Å². The van der Waals surface area contributed by atoms with Crippen molar-refractivity contribution in [3.63, 3.8) is 0 Å². The summed E-state index contributed by atoms with van der Waals surface area (Å²) < 4.78 is 0. The second-order valence-electron chi connectivity index (χ2n) is 3.43. The zero-order valence-corrected chi connectivity index (χ0v) is 7.18. The van der Waals surface area contributed by atoms with Crippen LogP contribution >= 0.6 is 0 Å². The van der Waals surface area contributed by atoms with E-state index >= 15 is 0 Å². The summed E-state index contributed by atoms with van der Waals surface area (Å²) in [6, 6.07) is 0.641. The van der Waals surface area contributed by atoms with Crippen molar-refractivity contribution in [3.8, 4) is 0 Å². The van der Waals surface area contributed by atoms with Gasteiger partial charge in [0.2, 0.25) is 0 Å². The fourth-order valence-electron chi connectivity index (χ4n) is 1.68. The molecule has 1 N–H and O–H groups in total. The van der Waals surface area contributed by atoms with Gasteiger partial charge in [0.1, 0.15) is 6.29 Å². The SMILES string of the molecule is C[C@H](C=O)NC1CCCCC1. The van der Waals surface area contributed by atoms with Crippen LogP contribution in [0.15, 0.2) is 0 Å². The first-order valence-electron chi connectivity index (χ1n) is 4.54. The van der Waals surface area contributed by atoms with Gasteiger partial charge in [-0.2, -0.15) is 0 Å². The van der Waals surface area contributed by atoms with Crippen LogP contribution in [0, 0.1) is 0 Å². The maximum Gasteiger partial charge on any atom is 0.136 e. The number of aldehydes is 1. The topological polar surface area (TPSA) is 29.1 Å². The molecule has 0 saturated heterocycles. The third-order valence-electron chi connectivity index (χ3n) is 2.31. The zero-order valence-electron chi connectivity index (χ0n) is 7.18. The van der Waals surface area contributed by atoms with Gasteiger partial charge >= 0.3 is 0 Å². The molecule has 1 rings (SSSR count). The first-order chi connectivity index (χ1) is 5.33. The van der Waals surface area contributed by atoms with Gasteiger partial charge in [-0.05, 0) is 19.8 Å². The number of hydrogen-bond donors (Lipinski definition) is 1. The quantitative estimate of drug-likeness (QED) is 0.626. The van der Waals surface area contributed by atoms with Gasteiger partial charge in [0.25, 0.3) is 0 Å². The molecule has 64 valence electrons. The van der Waals surface area contributed by atoms with E-state index in [1.165, 1.54) is 32.1 Å². The van der Waals surface area contributed by atoms with Gasteiger partial charge < -0.3 is 10.1 Å². The Morgan fingerprint density at radius 3 is 2.55 bits per heavy atom. The largest absolute Gasteiger partial charge is 0.305 e. The molecule has 1 fully saturated rings. The standard InChI is InChI=1S/C9H17NO/c1-8(7-11)10-9-5-3-2-4-6-9/h7-10H,2-6H2,1H3/t8-/m1/s1. The Morgan fingerprint density at radius 1 is 1.36 bits per heavy atom. The van der Waals surface area contributed by atoms with E-state index in [-0.39, 0.29) is 6.04 Å². The Labute approximate surface area is 68.4 Å². The first kappa shape index (κ1) is 8.72. The Hall–Kier alpha value is -0.370. The third kappa shape index (κ3) is 3.02. The summed E-state index contributed by atoms with van der Waals surface area (Å²) >= 11 is 0. The number of carbonyl (C=O) groups is 1. The molecule has 0 amide bonds. The molecule has 0 spiro atoms. The third-order valence-corrected chi connectivity index (χ3v) is 2.31. The minimum absolute atomic E-state index is 0.0399. The van der Waals surface area contributed by atoms with Gasteiger partial charge in [0, 0.05) is 6.04 Å². The minimum Gasteiger partial charge on any atom is -0.305 e. The van der Waals surface area contributed by atoms with Crippen LogP contribution in [0.5, 0.6) is 0 Å². The zero-order chi connectivity index (χ0) is 8.10. The second-order valence-corrected chi connectivity index (χ2v) is 3.43. The number of carbonyl (C=O) groups excluding carboxylic acids is 1. The monoisotopic (exact) mass is 155 g/mol. The fourth-order valence-corrected chi connectivity index (χ4v) is 1.68. The number of hydrogen-bond acceptors (Lipinski definition) is 2. The van der Waals surface area contributed by atoms with Crippen molar-refractivity contribution in [2.24, 2.45) is 0 Å². The molecule has 0 aromatic heterocycles. The van der Waals surface area contributed by atoms with E-state index in [0.29, 0.717) is 6.04 Å². The highest BCUT2D eigenvalue weighted by molar-refractivity contribution is 5.56. The predicted octanol–water partition coefficient (Wildman–Crippen LogP) is 1.50. The van der Waals surface area contributed by atoms with Crippen molar-refractivity contribution in [1.29, 1.82) is 0 Å². The van der Waals surface area contributed by atoms with Crippen LogP contribution in [-0.2, 0) is 4.79 Å². The molecule has 1 atom stereocenters. The predicted molar refractivity (Wildman–Crippen MR) is 45.5 cm³/mol. The van der Waals surface area contributed by atoms with Gasteiger partial charge in [-0.15, -0.1) is 0 Å². The summed E-state index contributed by atoms with van der Waals surface area (Å²) in [4.78, 5) is 10.3. The molecule has 0 unspecified atom stereocenters. The summed E-state index contributed by atoms with van der Waals surface area (Å²) in [5, 5.41) is 3.30. The fraction of sp³-hybridized carbons (Fsp3) is 0.889. The highest BCUT2D eigenvalue weighted by Crippen LogP contribution is 2.17. The highest BCUT2D eigenvalue weighted by Gasteiger charge is 2.14. The van der Waals surface area contributed by atoms with Crippen LogP contribution in [0.3, 0.4) is 0 Å². The van der Waals surface area contributed by atoms with E-state index in [1.807, 2.05) is 6.92 Å². The van der Waals surface area contributed by atoms with Crippen LogP contribution in [0.25, 0.3) is 0 Å². The van der Waals surface area contributed by atoms with Crippen LogP contribution in [0.1, 0.15) is 39.0 Å². The molecule has 0 bridgehead atoms. The lowest BCUT2D eigenvalue weighted by Gasteiger charge is -2.24.